The van der Waals surface area contributed by atoms with E-state index in [2.05, 4.69) is 18.9 Å². The van der Waals surface area contributed by atoms with Crippen molar-refractivity contribution in [3.63, 3.8) is 0 Å². The molecule has 4 nitrogen and oxygen atoms in total. The van der Waals surface area contributed by atoms with Crippen LogP contribution >= 0.6 is 0 Å². The Bertz CT molecular complexity index is 362. The molecule has 0 bridgehead atoms. The first-order valence-corrected chi connectivity index (χ1v) is 6.28. The molecule has 0 saturated heterocycles. The van der Waals surface area contributed by atoms with Crippen LogP contribution in [0.2, 0.25) is 0 Å². The molecule has 4 heteroatoms. The van der Waals surface area contributed by atoms with E-state index in [0.717, 1.165) is 31.7 Å². The third-order valence-corrected chi connectivity index (χ3v) is 2.66. The molecule has 0 aromatic heterocycles. The first-order chi connectivity index (χ1) is 8.63. The van der Waals surface area contributed by atoms with Crippen LogP contribution in [-0.2, 0) is 0 Å². The molecule has 0 atom stereocenters. The predicted molar refractivity (Wildman–Crippen MR) is 71.3 cm³/mol. The lowest BCUT2D eigenvalue weighted by atomic mass is 10.2. The second kappa shape index (κ2) is 7.71. The molecule has 0 unspecified atom stereocenters. The molecule has 0 aliphatic heterocycles. The minimum Gasteiger partial charge on any atom is -0.494 e. The summed E-state index contributed by atoms with van der Waals surface area (Å²) in [6.45, 7) is 4.94. The number of ether oxygens (including phenoxy) is 1. The second-order valence-electron chi connectivity index (χ2n) is 4.33. The molecule has 0 spiro atoms. The van der Waals surface area contributed by atoms with Crippen molar-refractivity contribution in [3.8, 4) is 5.75 Å². The Morgan fingerprint density at radius 1 is 1.28 bits per heavy atom. The Hall–Kier alpha value is -1.55. The van der Waals surface area contributed by atoms with Gasteiger partial charge < -0.3 is 14.7 Å². The molecule has 0 heterocycles. The van der Waals surface area contributed by atoms with Gasteiger partial charge in [0.2, 0.25) is 0 Å². The van der Waals surface area contributed by atoms with Crippen LogP contribution in [0, 0.1) is 0 Å². The fourth-order valence-electron chi connectivity index (χ4n) is 1.71. The third-order valence-electron chi connectivity index (χ3n) is 2.66. The lowest BCUT2D eigenvalue weighted by molar-refractivity contribution is 0.0697. The number of carboxylic acids is 1. The number of aromatic carboxylic acids is 1. The molecule has 100 valence electrons. The van der Waals surface area contributed by atoms with Gasteiger partial charge in [-0.2, -0.15) is 0 Å². The highest BCUT2D eigenvalue weighted by Crippen LogP contribution is 2.12. The lowest BCUT2D eigenvalue weighted by Gasteiger charge is -2.15. The quantitative estimate of drug-likeness (QED) is 0.721. The summed E-state index contributed by atoms with van der Waals surface area (Å²) in [4.78, 5) is 12.9. The number of hydrogen-bond acceptors (Lipinski definition) is 3. The fraction of sp³-hybridized carbons (Fsp3) is 0.500. The van der Waals surface area contributed by atoms with E-state index >= 15 is 0 Å². The molecule has 0 fully saturated rings. The maximum absolute atomic E-state index is 10.7. The smallest absolute Gasteiger partial charge is 0.335 e. The highest BCUT2D eigenvalue weighted by Gasteiger charge is 2.02. The maximum Gasteiger partial charge on any atom is 0.335 e. The van der Waals surface area contributed by atoms with Crippen LogP contribution in [-0.4, -0.2) is 42.7 Å². The Kier molecular flexibility index (Phi) is 6.22. The van der Waals surface area contributed by atoms with E-state index in [0.29, 0.717) is 6.61 Å². The van der Waals surface area contributed by atoms with Crippen molar-refractivity contribution in [2.45, 2.75) is 19.8 Å². The number of hydrogen-bond donors (Lipinski definition) is 1. The number of benzene rings is 1. The van der Waals surface area contributed by atoms with Crippen LogP contribution in [0.4, 0.5) is 0 Å². The molecule has 18 heavy (non-hydrogen) atoms. The van der Waals surface area contributed by atoms with Gasteiger partial charge in [-0.3, -0.25) is 0 Å². The summed E-state index contributed by atoms with van der Waals surface area (Å²) in [6.07, 6.45) is 2.13. The van der Waals surface area contributed by atoms with Crippen molar-refractivity contribution >= 4 is 5.97 Å². The SMILES string of the molecule is CCCN(C)CCCOc1ccc(C(=O)O)cc1. The fourth-order valence-corrected chi connectivity index (χ4v) is 1.71. The molecule has 0 saturated carbocycles. The van der Waals surface area contributed by atoms with Crippen LogP contribution in [0.3, 0.4) is 0 Å². The van der Waals surface area contributed by atoms with Gasteiger partial charge in [0.25, 0.3) is 0 Å². The van der Waals surface area contributed by atoms with E-state index in [1.54, 1.807) is 24.3 Å². The van der Waals surface area contributed by atoms with Gasteiger partial charge in [-0.15, -0.1) is 0 Å². The third kappa shape index (κ3) is 5.19. The summed E-state index contributed by atoms with van der Waals surface area (Å²) in [6, 6.07) is 6.50. The van der Waals surface area contributed by atoms with E-state index in [4.69, 9.17) is 9.84 Å². The maximum atomic E-state index is 10.7. The Morgan fingerprint density at radius 3 is 2.50 bits per heavy atom. The molecule has 0 aliphatic rings. The molecule has 0 aliphatic carbocycles. The standard InChI is InChI=1S/C14H21NO3/c1-3-9-15(2)10-4-11-18-13-7-5-12(6-8-13)14(16)17/h5-8H,3-4,9-11H2,1-2H3,(H,16,17). The molecule has 0 radical (unpaired) electrons. The number of carbonyl (C=O) groups is 1. The topological polar surface area (TPSA) is 49.8 Å². The van der Waals surface area contributed by atoms with Gasteiger partial charge in [0.15, 0.2) is 0 Å². The first kappa shape index (κ1) is 14.5. The van der Waals surface area contributed by atoms with E-state index in [-0.39, 0.29) is 5.56 Å². The van der Waals surface area contributed by atoms with Crippen LogP contribution in [0.1, 0.15) is 30.1 Å². The number of nitrogens with zero attached hydrogens (tertiary/aromatic N) is 1. The minimum absolute atomic E-state index is 0.282. The van der Waals surface area contributed by atoms with Crippen LogP contribution in [0.5, 0.6) is 5.75 Å². The molecular weight excluding hydrogens is 230 g/mol. The van der Waals surface area contributed by atoms with Crippen molar-refractivity contribution in [2.24, 2.45) is 0 Å². The average molecular weight is 251 g/mol. The highest BCUT2D eigenvalue weighted by molar-refractivity contribution is 5.87. The lowest BCUT2D eigenvalue weighted by Crippen LogP contribution is -2.21. The van der Waals surface area contributed by atoms with Crippen molar-refractivity contribution in [1.82, 2.24) is 4.90 Å². The number of carboxylic acid groups (broad SMARTS) is 1. The molecule has 1 aromatic carbocycles. The summed E-state index contributed by atoms with van der Waals surface area (Å²) >= 11 is 0. The van der Waals surface area contributed by atoms with Crippen molar-refractivity contribution in [1.29, 1.82) is 0 Å². The van der Waals surface area contributed by atoms with Gasteiger partial charge in [0, 0.05) is 6.54 Å². The van der Waals surface area contributed by atoms with Crippen molar-refractivity contribution in [3.05, 3.63) is 29.8 Å². The summed E-state index contributed by atoms with van der Waals surface area (Å²) in [5, 5.41) is 8.76. The zero-order valence-corrected chi connectivity index (χ0v) is 11.1. The van der Waals surface area contributed by atoms with E-state index in [9.17, 15) is 4.79 Å². The van der Waals surface area contributed by atoms with Gasteiger partial charge >= 0.3 is 5.97 Å². The second-order valence-corrected chi connectivity index (χ2v) is 4.33. The first-order valence-electron chi connectivity index (χ1n) is 6.28. The van der Waals surface area contributed by atoms with Gasteiger partial charge in [-0.1, -0.05) is 6.92 Å². The summed E-state index contributed by atoms with van der Waals surface area (Å²) in [5.41, 5.74) is 0.282. The average Bonchev–Trinajstić information content (AvgIpc) is 2.35. The Morgan fingerprint density at radius 2 is 1.94 bits per heavy atom. The van der Waals surface area contributed by atoms with Gasteiger partial charge in [-0.05, 0) is 50.7 Å². The zero-order chi connectivity index (χ0) is 13.4. The van der Waals surface area contributed by atoms with Crippen LogP contribution in [0.25, 0.3) is 0 Å². The summed E-state index contributed by atoms with van der Waals surface area (Å²) < 4.78 is 5.55. The normalized spacial score (nSPS) is 10.6. The van der Waals surface area contributed by atoms with Crippen molar-refractivity contribution < 1.29 is 14.6 Å². The van der Waals surface area contributed by atoms with E-state index < -0.39 is 5.97 Å². The summed E-state index contributed by atoms with van der Waals surface area (Å²) in [7, 11) is 2.10. The van der Waals surface area contributed by atoms with E-state index in [1.807, 2.05) is 0 Å². The number of rotatable bonds is 8. The predicted octanol–water partition coefficient (Wildman–Crippen LogP) is 2.50. The molecular formula is C14H21NO3. The molecule has 1 N–H and O–H groups in total. The summed E-state index contributed by atoms with van der Waals surface area (Å²) in [5.74, 6) is -0.194. The highest BCUT2D eigenvalue weighted by atomic mass is 16.5. The van der Waals surface area contributed by atoms with Gasteiger partial charge in [0.1, 0.15) is 5.75 Å². The van der Waals surface area contributed by atoms with Gasteiger partial charge in [0.05, 0.1) is 12.2 Å². The largest absolute Gasteiger partial charge is 0.494 e. The molecule has 1 rings (SSSR count). The van der Waals surface area contributed by atoms with Crippen LogP contribution < -0.4 is 4.74 Å². The Balaban J connectivity index is 2.25. The zero-order valence-electron chi connectivity index (χ0n) is 11.1. The monoisotopic (exact) mass is 251 g/mol. The van der Waals surface area contributed by atoms with Crippen molar-refractivity contribution in [2.75, 3.05) is 26.7 Å². The molecule has 0 amide bonds. The van der Waals surface area contributed by atoms with Crippen LogP contribution in [0.15, 0.2) is 24.3 Å². The molecule has 1 aromatic rings. The Labute approximate surface area is 108 Å². The minimum atomic E-state index is -0.914. The van der Waals surface area contributed by atoms with Gasteiger partial charge in [-0.25, -0.2) is 4.79 Å². The van der Waals surface area contributed by atoms with E-state index in [1.165, 1.54) is 0 Å².